The number of aliphatic imine (C=N–C) groups is 1. The molecule has 2 N–H and O–H groups in total. The molecular formula is C43H46ClN7OS2. The number of amides is 1. The Hall–Kier alpha value is -4.61. The predicted octanol–water partition coefficient (Wildman–Crippen LogP) is 10.1. The van der Waals surface area contributed by atoms with Crippen LogP contribution in [0.15, 0.2) is 77.1 Å². The van der Waals surface area contributed by atoms with Crippen LogP contribution in [-0.4, -0.2) is 44.0 Å². The molecule has 54 heavy (non-hydrogen) atoms. The van der Waals surface area contributed by atoms with Crippen LogP contribution >= 0.6 is 34.3 Å². The Kier molecular flexibility index (Phi) is 11.5. The molecule has 0 spiro atoms. The van der Waals surface area contributed by atoms with Crippen LogP contribution in [0.2, 0.25) is 5.02 Å². The Morgan fingerprint density at radius 2 is 1.67 bits per heavy atom. The predicted molar refractivity (Wildman–Crippen MR) is 227 cm³/mol. The second-order valence-corrected chi connectivity index (χ2v) is 16.4. The van der Waals surface area contributed by atoms with Crippen LogP contribution in [0.25, 0.3) is 37.2 Å². The van der Waals surface area contributed by atoms with Gasteiger partial charge in [-0.15, -0.1) is 32.9 Å². The van der Waals surface area contributed by atoms with Gasteiger partial charge in [-0.1, -0.05) is 41.9 Å². The first-order chi connectivity index (χ1) is 26.1. The van der Waals surface area contributed by atoms with Gasteiger partial charge in [0.2, 0.25) is 5.91 Å². The van der Waals surface area contributed by atoms with E-state index in [1.165, 1.54) is 59.4 Å². The summed E-state index contributed by atoms with van der Waals surface area (Å²) < 4.78 is 4.56. The molecule has 0 atom stereocenters. The SMILES string of the molecule is CCn1c2ccc(CNCCCCNC(C)=O)cc2c2ccc(-c3cc(C)cs3)cc21.Cc1sc2c(c1C)C(c1ccc(Cl)cc1)=NCc1nnc(C)n1-2. The molecule has 1 aliphatic rings. The summed E-state index contributed by atoms with van der Waals surface area (Å²) in [7, 11) is 0. The molecule has 7 aromatic rings. The van der Waals surface area contributed by atoms with Crippen molar-refractivity contribution in [3.05, 3.63) is 121 Å². The summed E-state index contributed by atoms with van der Waals surface area (Å²) in [5.74, 6) is 1.83. The van der Waals surface area contributed by atoms with E-state index in [-0.39, 0.29) is 5.91 Å². The summed E-state index contributed by atoms with van der Waals surface area (Å²) in [6.07, 6.45) is 2.06. The fourth-order valence-electron chi connectivity index (χ4n) is 7.10. The van der Waals surface area contributed by atoms with Crippen LogP contribution in [0.3, 0.4) is 0 Å². The zero-order valence-electron chi connectivity index (χ0n) is 31.7. The van der Waals surface area contributed by atoms with Gasteiger partial charge in [0.1, 0.15) is 17.4 Å². The number of thiophene rings is 2. The van der Waals surface area contributed by atoms with Gasteiger partial charge in [-0.3, -0.25) is 14.4 Å². The van der Waals surface area contributed by atoms with E-state index < -0.39 is 0 Å². The highest BCUT2D eigenvalue weighted by molar-refractivity contribution is 7.15. The highest BCUT2D eigenvalue weighted by Gasteiger charge is 2.26. The molecule has 0 unspecified atom stereocenters. The van der Waals surface area contributed by atoms with E-state index in [1.807, 2.05) is 42.5 Å². The van der Waals surface area contributed by atoms with E-state index in [2.05, 4.69) is 106 Å². The molecule has 4 aromatic heterocycles. The van der Waals surface area contributed by atoms with Crippen molar-refractivity contribution >= 4 is 67.7 Å². The Balaban J connectivity index is 0.000000174. The first kappa shape index (κ1) is 37.7. The smallest absolute Gasteiger partial charge is 0.216 e. The lowest BCUT2D eigenvalue weighted by atomic mass is 10.00. The number of carbonyl (C=O) groups excluding carboxylic acids is 1. The first-order valence-corrected chi connectivity index (χ1v) is 20.6. The van der Waals surface area contributed by atoms with Crippen molar-refractivity contribution < 1.29 is 4.79 Å². The van der Waals surface area contributed by atoms with Gasteiger partial charge < -0.3 is 15.2 Å². The lowest BCUT2D eigenvalue weighted by molar-refractivity contribution is -0.118. The molecule has 0 aliphatic carbocycles. The number of nitrogens with one attached hydrogen (secondary N) is 2. The average Bonchev–Trinajstić information content (AvgIpc) is 3.89. The van der Waals surface area contributed by atoms with Gasteiger partial charge >= 0.3 is 0 Å². The third kappa shape index (κ3) is 7.79. The van der Waals surface area contributed by atoms with Crippen LogP contribution < -0.4 is 10.6 Å². The Labute approximate surface area is 329 Å². The number of unbranched alkanes of at least 4 members (excludes halogenated alkanes) is 1. The van der Waals surface area contributed by atoms with Gasteiger partial charge in [-0.2, -0.15) is 0 Å². The molecule has 0 saturated heterocycles. The lowest BCUT2D eigenvalue weighted by Crippen LogP contribution is -2.22. The van der Waals surface area contributed by atoms with E-state index in [4.69, 9.17) is 16.6 Å². The molecule has 0 fully saturated rings. The number of nitrogens with zero attached hydrogens (tertiary/aromatic N) is 5. The van der Waals surface area contributed by atoms with E-state index in [0.717, 1.165) is 72.0 Å². The molecule has 8 rings (SSSR count). The number of hydrogen-bond acceptors (Lipinski definition) is 7. The number of hydrogen-bond donors (Lipinski definition) is 2. The summed E-state index contributed by atoms with van der Waals surface area (Å²) in [6.45, 7) is 16.3. The minimum Gasteiger partial charge on any atom is -0.356 e. The van der Waals surface area contributed by atoms with Crippen molar-refractivity contribution in [1.82, 2.24) is 30.0 Å². The molecular weight excluding hydrogens is 730 g/mol. The highest BCUT2D eigenvalue weighted by atomic mass is 35.5. The lowest BCUT2D eigenvalue weighted by Gasteiger charge is -2.09. The maximum absolute atomic E-state index is 10.9. The topological polar surface area (TPSA) is 89.1 Å². The van der Waals surface area contributed by atoms with Gasteiger partial charge in [0, 0.05) is 74.3 Å². The van der Waals surface area contributed by atoms with Crippen molar-refractivity contribution in [2.24, 2.45) is 4.99 Å². The number of aryl methyl sites for hydroxylation is 4. The van der Waals surface area contributed by atoms with Gasteiger partial charge in [0.05, 0.1) is 5.71 Å². The van der Waals surface area contributed by atoms with Crippen LogP contribution in [0.1, 0.15) is 71.0 Å². The second kappa shape index (κ2) is 16.4. The number of fused-ring (bicyclic) bond motifs is 6. The second-order valence-electron chi connectivity index (χ2n) is 13.8. The number of halogens is 1. The Morgan fingerprint density at radius 1 is 0.889 bits per heavy atom. The molecule has 11 heteroatoms. The number of carbonyl (C=O) groups is 1. The number of rotatable bonds is 10. The summed E-state index contributed by atoms with van der Waals surface area (Å²) in [5, 5.41) is 21.6. The van der Waals surface area contributed by atoms with Crippen molar-refractivity contribution in [3.8, 4) is 15.4 Å². The zero-order chi connectivity index (χ0) is 37.9. The van der Waals surface area contributed by atoms with Gasteiger partial charge in [-0.05, 0) is 118 Å². The molecule has 5 heterocycles. The Morgan fingerprint density at radius 3 is 2.41 bits per heavy atom. The minimum atomic E-state index is 0.0464. The van der Waals surface area contributed by atoms with Crippen molar-refractivity contribution in [3.63, 3.8) is 0 Å². The van der Waals surface area contributed by atoms with Crippen molar-refractivity contribution in [1.29, 1.82) is 0 Å². The van der Waals surface area contributed by atoms with Crippen LogP contribution in [0.5, 0.6) is 0 Å². The van der Waals surface area contributed by atoms with Crippen LogP contribution in [0, 0.1) is 27.7 Å². The van der Waals surface area contributed by atoms with E-state index in [1.54, 1.807) is 18.3 Å². The summed E-state index contributed by atoms with van der Waals surface area (Å²) in [5.41, 5.74) is 11.1. The molecule has 8 nitrogen and oxygen atoms in total. The number of benzene rings is 3. The van der Waals surface area contributed by atoms with Gasteiger partial charge in [-0.25, -0.2) is 0 Å². The van der Waals surface area contributed by atoms with E-state index >= 15 is 0 Å². The molecule has 0 radical (unpaired) electrons. The van der Waals surface area contributed by atoms with Crippen molar-refractivity contribution in [2.45, 2.75) is 74.0 Å². The molecule has 1 aliphatic heterocycles. The maximum atomic E-state index is 10.9. The zero-order valence-corrected chi connectivity index (χ0v) is 34.1. The molecule has 3 aromatic carbocycles. The van der Waals surface area contributed by atoms with E-state index in [9.17, 15) is 4.79 Å². The quantitative estimate of drug-likeness (QED) is 0.135. The van der Waals surface area contributed by atoms with Gasteiger partial charge in [0.25, 0.3) is 0 Å². The van der Waals surface area contributed by atoms with Crippen LogP contribution in [-0.2, 0) is 24.4 Å². The van der Waals surface area contributed by atoms with Crippen molar-refractivity contribution in [2.75, 3.05) is 13.1 Å². The summed E-state index contributed by atoms with van der Waals surface area (Å²) in [4.78, 5) is 18.4. The fraction of sp³-hybridized carbons (Fsp3) is 0.302. The van der Waals surface area contributed by atoms with Crippen LogP contribution in [0.4, 0.5) is 0 Å². The fourth-order valence-corrected chi connectivity index (χ4v) is 9.35. The molecule has 278 valence electrons. The summed E-state index contributed by atoms with van der Waals surface area (Å²) in [6, 6.07) is 23.9. The molecule has 0 bridgehead atoms. The highest BCUT2D eigenvalue weighted by Crippen LogP contribution is 2.37. The third-order valence-electron chi connectivity index (χ3n) is 9.94. The average molecular weight is 776 g/mol. The maximum Gasteiger partial charge on any atom is 0.216 e. The monoisotopic (exact) mass is 775 g/mol. The summed E-state index contributed by atoms with van der Waals surface area (Å²) >= 11 is 9.62. The molecule has 0 saturated carbocycles. The standard InChI is InChI=1S/C26H31N3OS.C17H15ClN4S/c1-4-29-24-10-7-20(16-27-11-5-6-12-28-19(3)30)14-23(24)22-9-8-21(15-25(22)29)26-13-18(2)17-31-26;1-9-10(2)23-17-15(9)16(12-4-6-13(18)7-5-12)19-8-14-21-20-11(3)22(14)17/h7-10,13-15,17,27H,4-6,11-12,16H2,1-3H3,(H,28,30);4-7H,8H2,1-3H3. The first-order valence-electron chi connectivity index (χ1n) is 18.5. The molecule has 1 amide bonds. The Bertz CT molecular complexity index is 2480. The van der Waals surface area contributed by atoms with E-state index in [0.29, 0.717) is 6.54 Å². The minimum absolute atomic E-state index is 0.0464. The third-order valence-corrected chi connectivity index (χ3v) is 12.5. The normalized spacial score (nSPS) is 12.2. The largest absolute Gasteiger partial charge is 0.356 e. The number of aromatic nitrogens is 4. The van der Waals surface area contributed by atoms with Gasteiger partial charge in [0.15, 0.2) is 5.82 Å².